The summed E-state index contributed by atoms with van der Waals surface area (Å²) in [7, 11) is 0. The summed E-state index contributed by atoms with van der Waals surface area (Å²) >= 11 is 0. The molecule has 0 spiro atoms. The van der Waals surface area contributed by atoms with Crippen LogP contribution in [0.4, 0.5) is 21.5 Å². The summed E-state index contributed by atoms with van der Waals surface area (Å²) in [5.41, 5.74) is 13.9. The van der Waals surface area contributed by atoms with E-state index < -0.39 is 11.7 Å². The quantitative estimate of drug-likeness (QED) is 0.607. The predicted molar refractivity (Wildman–Crippen MR) is 113 cm³/mol. The van der Waals surface area contributed by atoms with Crippen LogP contribution in [0.2, 0.25) is 0 Å². The summed E-state index contributed by atoms with van der Waals surface area (Å²) in [6, 6.07) is 7.73. The van der Waals surface area contributed by atoms with Gasteiger partial charge in [0.1, 0.15) is 5.69 Å². The zero-order valence-electron chi connectivity index (χ0n) is 16.3. The van der Waals surface area contributed by atoms with Gasteiger partial charge in [-0.15, -0.1) is 0 Å². The van der Waals surface area contributed by atoms with Gasteiger partial charge in [0.05, 0.1) is 29.0 Å². The maximum Gasteiger partial charge on any atom is 0.276 e. The number of hydrogen-bond acceptors (Lipinski definition) is 7. The topological polar surface area (TPSA) is 123 Å². The van der Waals surface area contributed by atoms with Gasteiger partial charge in [-0.25, -0.2) is 9.37 Å². The van der Waals surface area contributed by atoms with Crippen LogP contribution in [0.1, 0.15) is 23.3 Å². The van der Waals surface area contributed by atoms with E-state index in [2.05, 4.69) is 25.2 Å². The number of nitrogen functional groups attached to an aromatic ring is 1. The van der Waals surface area contributed by atoms with E-state index in [1.165, 1.54) is 30.5 Å². The van der Waals surface area contributed by atoms with Gasteiger partial charge >= 0.3 is 0 Å². The maximum absolute atomic E-state index is 14.1. The van der Waals surface area contributed by atoms with Gasteiger partial charge in [0.25, 0.3) is 5.91 Å². The molecule has 8 nitrogen and oxygen atoms in total. The number of pyridine rings is 3. The standard InChI is InChI=1S/C21H22FN7O/c22-14-4-1-8-26-19(14)16-6-5-15(24)20(27-16)21(30)28-17-11-25-9-7-18(17)29-10-2-3-13(23)12-29/h1,4-9,11,13H,2-3,10,12,23-24H2,(H,28,30)/t13-/m0/s1. The van der Waals surface area contributed by atoms with E-state index in [0.29, 0.717) is 12.2 Å². The number of carbonyl (C=O) groups is 1. The highest BCUT2D eigenvalue weighted by Gasteiger charge is 2.22. The van der Waals surface area contributed by atoms with Crippen molar-refractivity contribution in [3.8, 4) is 11.4 Å². The van der Waals surface area contributed by atoms with E-state index in [-0.39, 0.29) is 28.8 Å². The third kappa shape index (κ3) is 4.06. The molecule has 154 valence electrons. The van der Waals surface area contributed by atoms with Crippen molar-refractivity contribution >= 4 is 23.0 Å². The highest BCUT2D eigenvalue weighted by molar-refractivity contribution is 6.07. The molecule has 0 unspecified atom stereocenters. The Labute approximate surface area is 173 Å². The summed E-state index contributed by atoms with van der Waals surface area (Å²) in [5, 5.41) is 2.83. The van der Waals surface area contributed by atoms with Crippen LogP contribution in [0.25, 0.3) is 11.4 Å². The maximum atomic E-state index is 14.1. The molecule has 0 bridgehead atoms. The van der Waals surface area contributed by atoms with Crippen molar-refractivity contribution < 1.29 is 9.18 Å². The predicted octanol–water partition coefficient (Wildman–Crippen LogP) is 2.44. The lowest BCUT2D eigenvalue weighted by Gasteiger charge is -2.33. The van der Waals surface area contributed by atoms with Gasteiger partial charge in [-0.05, 0) is 43.2 Å². The van der Waals surface area contributed by atoms with Crippen LogP contribution in [0, 0.1) is 5.82 Å². The first-order valence-electron chi connectivity index (χ1n) is 9.66. The first-order valence-corrected chi connectivity index (χ1v) is 9.66. The molecule has 1 aliphatic rings. The fraction of sp³-hybridized carbons (Fsp3) is 0.238. The fourth-order valence-corrected chi connectivity index (χ4v) is 3.53. The van der Waals surface area contributed by atoms with Crippen LogP contribution in [-0.4, -0.2) is 40.0 Å². The van der Waals surface area contributed by atoms with Crippen LogP contribution in [0.3, 0.4) is 0 Å². The van der Waals surface area contributed by atoms with Crippen molar-refractivity contribution in [2.45, 2.75) is 18.9 Å². The number of hydrogen-bond donors (Lipinski definition) is 3. The number of rotatable bonds is 4. The van der Waals surface area contributed by atoms with E-state index >= 15 is 0 Å². The Morgan fingerprint density at radius 2 is 2.10 bits per heavy atom. The molecular weight excluding hydrogens is 385 g/mol. The number of nitrogens with two attached hydrogens (primary N) is 2. The largest absolute Gasteiger partial charge is 0.397 e. The zero-order chi connectivity index (χ0) is 21.1. The van der Waals surface area contributed by atoms with Crippen molar-refractivity contribution in [1.82, 2.24) is 15.0 Å². The summed E-state index contributed by atoms with van der Waals surface area (Å²) in [5.74, 6) is -1.04. The molecule has 9 heteroatoms. The third-order valence-electron chi connectivity index (χ3n) is 4.99. The lowest BCUT2D eigenvalue weighted by molar-refractivity contribution is 0.102. The Kier molecular flexibility index (Phi) is 5.53. The molecule has 30 heavy (non-hydrogen) atoms. The number of carbonyl (C=O) groups excluding carboxylic acids is 1. The Balaban J connectivity index is 1.62. The molecular formula is C21H22FN7O. The van der Waals surface area contributed by atoms with Crippen molar-refractivity contribution in [3.05, 3.63) is 60.4 Å². The molecule has 5 N–H and O–H groups in total. The number of piperidine rings is 1. The van der Waals surface area contributed by atoms with E-state index in [0.717, 1.165) is 25.1 Å². The highest BCUT2D eigenvalue weighted by Crippen LogP contribution is 2.28. The second-order valence-corrected chi connectivity index (χ2v) is 7.16. The molecule has 1 saturated heterocycles. The number of halogens is 1. The fourth-order valence-electron chi connectivity index (χ4n) is 3.53. The van der Waals surface area contributed by atoms with Crippen LogP contribution >= 0.6 is 0 Å². The molecule has 0 radical (unpaired) electrons. The van der Waals surface area contributed by atoms with E-state index in [1.54, 1.807) is 12.4 Å². The molecule has 3 aromatic rings. The smallest absolute Gasteiger partial charge is 0.276 e. The average Bonchev–Trinajstić information content (AvgIpc) is 2.75. The second-order valence-electron chi connectivity index (χ2n) is 7.16. The lowest BCUT2D eigenvalue weighted by Crippen LogP contribution is -2.43. The molecule has 1 amide bonds. The average molecular weight is 407 g/mol. The minimum Gasteiger partial charge on any atom is -0.397 e. The first kappa shape index (κ1) is 19.7. The van der Waals surface area contributed by atoms with E-state index in [1.807, 2.05) is 6.07 Å². The molecule has 3 aromatic heterocycles. The minimum atomic E-state index is -0.530. The van der Waals surface area contributed by atoms with Gasteiger partial charge < -0.3 is 21.7 Å². The number of anilines is 3. The number of aromatic nitrogens is 3. The summed E-state index contributed by atoms with van der Waals surface area (Å²) in [6.07, 6.45) is 6.65. The van der Waals surface area contributed by atoms with Crippen LogP contribution in [-0.2, 0) is 0 Å². The Bertz CT molecular complexity index is 1070. The lowest BCUT2D eigenvalue weighted by atomic mass is 10.1. The highest BCUT2D eigenvalue weighted by atomic mass is 19.1. The SMILES string of the molecule is Nc1ccc(-c2ncccc2F)nc1C(=O)Nc1cnccc1N1CCC[C@H](N)C1. The molecule has 0 saturated carbocycles. The number of amides is 1. The van der Waals surface area contributed by atoms with Crippen molar-refractivity contribution in [2.75, 3.05) is 29.0 Å². The molecule has 1 atom stereocenters. The molecule has 1 fully saturated rings. The van der Waals surface area contributed by atoms with E-state index in [4.69, 9.17) is 11.5 Å². The summed E-state index contributed by atoms with van der Waals surface area (Å²) in [6.45, 7) is 1.54. The van der Waals surface area contributed by atoms with Crippen LogP contribution < -0.4 is 21.7 Å². The summed E-state index contributed by atoms with van der Waals surface area (Å²) in [4.78, 5) is 27.5. The Morgan fingerprint density at radius 3 is 2.90 bits per heavy atom. The molecule has 1 aliphatic heterocycles. The zero-order valence-corrected chi connectivity index (χ0v) is 16.3. The monoisotopic (exact) mass is 407 g/mol. The minimum absolute atomic E-state index is 0.0114. The van der Waals surface area contributed by atoms with Crippen molar-refractivity contribution in [3.63, 3.8) is 0 Å². The first-order chi connectivity index (χ1) is 14.5. The van der Waals surface area contributed by atoms with Gasteiger partial charge in [0, 0.05) is 31.5 Å². The van der Waals surface area contributed by atoms with E-state index in [9.17, 15) is 9.18 Å². The Hall–Kier alpha value is -3.59. The van der Waals surface area contributed by atoms with Crippen molar-refractivity contribution in [1.29, 1.82) is 0 Å². The van der Waals surface area contributed by atoms with Crippen LogP contribution in [0.15, 0.2) is 48.9 Å². The molecule has 0 aromatic carbocycles. The van der Waals surface area contributed by atoms with Crippen molar-refractivity contribution in [2.24, 2.45) is 5.73 Å². The van der Waals surface area contributed by atoms with Crippen LogP contribution in [0.5, 0.6) is 0 Å². The van der Waals surface area contributed by atoms with Gasteiger partial charge in [-0.1, -0.05) is 0 Å². The Morgan fingerprint density at radius 1 is 1.23 bits per heavy atom. The third-order valence-corrected chi connectivity index (χ3v) is 4.99. The molecule has 0 aliphatic carbocycles. The normalized spacial score (nSPS) is 16.3. The van der Waals surface area contributed by atoms with Gasteiger partial charge in [-0.2, -0.15) is 0 Å². The molecule has 4 heterocycles. The molecule has 4 rings (SSSR count). The number of nitrogens with zero attached hydrogens (tertiary/aromatic N) is 4. The number of nitrogens with one attached hydrogen (secondary N) is 1. The summed E-state index contributed by atoms with van der Waals surface area (Å²) < 4.78 is 14.1. The van der Waals surface area contributed by atoms with Gasteiger partial charge in [-0.3, -0.25) is 14.8 Å². The van der Waals surface area contributed by atoms with Gasteiger partial charge in [0.15, 0.2) is 11.5 Å². The van der Waals surface area contributed by atoms with Gasteiger partial charge in [0.2, 0.25) is 0 Å². The second kappa shape index (κ2) is 8.42.